The lowest BCUT2D eigenvalue weighted by Crippen LogP contribution is -2.00. The minimum atomic E-state index is -0.271. The Bertz CT molecular complexity index is 763. The van der Waals surface area contributed by atoms with Crippen LogP contribution in [-0.4, -0.2) is 39.6 Å². The highest BCUT2D eigenvalue weighted by molar-refractivity contribution is 5.55. The highest BCUT2D eigenvalue weighted by atomic mass is 16.7. The van der Waals surface area contributed by atoms with Gasteiger partial charge in [-0.2, -0.15) is 0 Å². The molecule has 0 aliphatic carbocycles. The van der Waals surface area contributed by atoms with Gasteiger partial charge in [-0.25, -0.2) is 0 Å². The number of benzene rings is 2. The highest BCUT2D eigenvalue weighted by Crippen LogP contribution is 2.28. The SMILES string of the molecule is C(=Cc1ccccc1C1OCCO1)COCC=Cc1ccccc1C1OCCO1. The Labute approximate surface area is 171 Å². The van der Waals surface area contributed by atoms with Crippen molar-refractivity contribution in [3.63, 3.8) is 0 Å². The van der Waals surface area contributed by atoms with Crippen LogP contribution in [0.3, 0.4) is 0 Å². The molecule has 0 N–H and O–H groups in total. The van der Waals surface area contributed by atoms with E-state index >= 15 is 0 Å². The van der Waals surface area contributed by atoms with Gasteiger partial charge >= 0.3 is 0 Å². The molecule has 0 saturated carbocycles. The summed E-state index contributed by atoms with van der Waals surface area (Å²) in [5, 5.41) is 0. The van der Waals surface area contributed by atoms with E-state index in [1.807, 2.05) is 60.7 Å². The van der Waals surface area contributed by atoms with E-state index in [0.29, 0.717) is 39.6 Å². The first kappa shape index (κ1) is 20.0. The molecule has 0 atom stereocenters. The molecule has 5 heteroatoms. The van der Waals surface area contributed by atoms with Crippen LogP contribution >= 0.6 is 0 Å². The van der Waals surface area contributed by atoms with Crippen LogP contribution in [0.2, 0.25) is 0 Å². The summed E-state index contributed by atoms with van der Waals surface area (Å²) in [5.41, 5.74) is 4.27. The van der Waals surface area contributed by atoms with Gasteiger partial charge in [0, 0.05) is 11.1 Å². The second-order valence-corrected chi connectivity index (χ2v) is 6.75. The van der Waals surface area contributed by atoms with Crippen LogP contribution in [0.1, 0.15) is 34.8 Å². The summed E-state index contributed by atoms with van der Waals surface area (Å²) in [5.74, 6) is 0. The Morgan fingerprint density at radius 2 is 1.07 bits per heavy atom. The standard InChI is InChI=1S/C24H26O5/c1-3-11-21(23-26-15-16-27-23)19(7-1)9-5-13-25-14-6-10-20-8-2-4-12-22(20)24-28-17-18-29-24/h1-12,23-24H,13-18H2. The topological polar surface area (TPSA) is 46.2 Å². The van der Waals surface area contributed by atoms with Crippen molar-refractivity contribution in [1.29, 1.82) is 0 Å². The molecule has 4 rings (SSSR count). The van der Waals surface area contributed by atoms with Gasteiger partial charge in [0.25, 0.3) is 0 Å². The predicted molar refractivity (Wildman–Crippen MR) is 111 cm³/mol. The van der Waals surface area contributed by atoms with Crippen LogP contribution in [0.5, 0.6) is 0 Å². The van der Waals surface area contributed by atoms with E-state index in [1.54, 1.807) is 0 Å². The molecule has 29 heavy (non-hydrogen) atoms. The van der Waals surface area contributed by atoms with Gasteiger partial charge in [0.05, 0.1) is 39.6 Å². The lowest BCUT2D eigenvalue weighted by molar-refractivity contribution is -0.0444. The lowest BCUT2D eigenvalue weighted by atomic mass is 10.1. The second-order valence-electron chi connectivity index (χ2n) is 6.75. The van der Waals surface area contributed by atoms with E-state index in [1.165, 1.54) is 0 Å². The van der Waals surface area contributed by atoms with Crippen molar-refractivity contribution in [2.75, 3.05) is 39.6 Å². The first-order valence-corrected chi connectivity index (χ1v) is 9.97. The zero-order valence-electron chi connectivity index (χ0n) is 16.4. The summed E-state index contributed by atoms with van der Waals surface area (Å²) in [6.07, 6.45) is 7.58. The van der Waals surface area contributed by atoms with Crippen LogP contribution < -0.4 is 0 Å². The van der Waals surface area contributed by atoms with E-state index < -0.39 is 0 Å². The fourth-order valence-corrected chi connectivity index (χ4v) is 3.38. The van der Waals surface area contributed by atoms with Gasteiger partial charge in [-0.1, -0.05) is 72.8 Å². The van der Waals surface area contributed by atoms with Crippen LogP contribution in [-0.2, 0) is 23.7 Å². The molecule has 0 unspecified atom stereocenters. The lowest BCUT2D eigenvalue weighted by Gasteiger charge is -2.12. The van der Waals surface area contributed by atoms with Crippen LogP contribution in [0.15, 0.2) is 60.7 Å². The number of hydrogen-bond acceptors (Lipinski definition) is 5. The molecule has 2 fully saturated rings. The molecule has 2 aromatic rings. The molecule has 0 bridgehead atoms. The molecule has 2 saturated heterocycles. The maximum absolute atomic E-state index is 5.71. The molecule has 0 amide bonds. The van der Waals surface area contributed by atoms with Crippen molar-refractivity contribution < 1.29 is 23.7 Å². The van der Waals surface area contributed by atoms with Gasteiger partial charge in [-0.3, -0.25) is 0 Å². The molecular formula is C24H26O5. The molecule has 2 aliphatic heterocycles. The minimum absolute atomic E-state index is 0.271. The van der Waals surface area contributed by atoms with Crippen molar-refractivity contribution in [1.82, 2.24) is 0 Å². The first-order valence-electron chi connectivity index (χ1n) is 9.97. The third-order valence-electron chi connectivity index (χ3n) is 4.77. The number of rotatable bonds is 8. The molecule has 152 valence electrons. The molecule has 2 aromatic carbocycles. The Hall–Kier alpha value is -2.28. The van der Waals surface area contributed by atoms with Crippen molar-refractivity contribution in [2.24, 2.45) is 0 Å². The summed E-state index contributed by atoms with van der Waals surface area (Å²) >= 11 is 0. The van der Waals surface area contributed by atoms with Gasteiger partial charge in [0.15, 0.2) is 12.6 Å². The van der Waals surface area contributed by atoms with Crippen LogP contribution in [0.4, 0.5) is 0 Å². The predicted octanol–water partition coefficient (Wildman–Crippen LogP) is 4.52. The van der Waals surface area contributed by atoms with Gasteiger partial charge in [0.2, 0.25) is 0 Å². The fourth-order valence-electron chi connectivity index (χ4n) is 3.38. The highest BCUT2D eigenvalue weighted by Gasteiger charge is 2.20. The van der Waals surface area contributed by atoms with Crippen molar-refractivity contribution in [3.05, 3.63) is 82.9 Å². The van der Waals surface area contributed by atoms with Gasteiger partial charge in [0.1, 0.15) is 0 Å². The summed E-state index contributed by atoms with van der Waals surface area (Å²) in [4.78, 5) is 0. The average molecular weight is 394 g/mol. The largest absolute Gasteiger partial charge is 0.373 e. The Balaban J connectivity index is 1.27. The van der Waals surface area contributed by atoms with E-state index in [9.17, 15) is 0 Å². The maximum Gasteiger partial charge on any atom is 0.184 e. The molecule has 0 spiro atoms. The summed E-state index contributed by atoms with van der Waals surface area (Å²) in [6.45, 7) is 3.62. The molecule has 0 radical (unpaired) electrons. The summed E-state index contributed by atoms with van der Waals surface area (Å²) in [6, 6.07) is 16.2. The van der Waals surface area contributed by atoms with Crippen molar-refractivity contribution >= 4 is 12.2 Å². The Kier molecular flexibility index (Phi) is 7.23. The first-order chi connectivity index (χ1) is 14.4. The van der Waals surface area contributed by atoms with E-state index in [2.05, 4.69) is 12.1 Å². The smallest absolute Gasteiger partial charge is 0.184 e. The van der Waals surface area contributed by atoms with Crippen molar-refractivity contribution in [3.8, 4) is 0 Å². The van der Waals surface area contributed by atoms with Gasteiger partial charge in [-0.15, -0.1) is 0 Å². The Morgan fingerprint density at radius 1 is 0.655 bits per heavy atom. The zero-order valence-corrected chi connectivity index (χ0v) is 16.4. The molecular weight excluding hydrogens is 368 g/mol. The third-order valence-corrected chi connectivity index (χ3v) is 4.77. The monoisotopic (exact) mass is 394 g/mol. The minimum Gasteiger partial charge on any atom is -0.373 e. The molecule has 0 aromatic heterocycles. The number of ether oxygens (including phenoxy) is 5. The third kappa shape index (κ3) is 5.41. The number of hydrogen-bond donors (Lipinski definition) is 0. The van der Waals surface area contributed by atoms with Crippen molar-refractivity contribution in [2.45, 2.75) is 12.6 Å². The second kappa shape index (κ2) is 10.5. The molecule has 5 nitrogen and oxygen atoms in total. The van der Waals surface area contributed by atoms with E-state index in [4.69, 9.17) is 23.7 Å². The normalized spacial score (nSPS) is 18.5. The summed E-state index contributed by atoms with van der Waals surface area (Å²) < 4.78 is 28.2. The summed E-state index contributed by atoms with van der Waals surface area (Å²) in [7, 11) is 0. The maximum atomic E-state index is 5.71. The van der Waals surface area contributed by atoms with Gasteiger partial charge < -0.3 is 23.7 Å². The van der Waals surface area contributed by atoms with Gasteiger partial charge in [-0.05, 0) is 11.1 Å². The average Bonchev–Trinajstić information content (AvgIpc) is 3.48. The van der Waals surface area contributed by atoms with Crippen LogP contribution in [0, 0.1) is 0 Å². The van der Waals surface area contributed by atoms with Crippen LogP contribution in [0.25, 0.3) is 12.2 Å². The van der Waals surface area contributed by atoms with E-state index in [-0.39, 0.29) is 12.6 Å². The van der Waals surface area contributed by atoms with E-state index in [0.717, 1.165) is 22.3 Å². The zero-order chi connectivity index (χ0) is 19.7. The molecule has 2 heterocycles. The fraction of sp³-hybridized carbons (Fsp3) is 0.333. The molecule has 2 aliphatic rings. The Morgan fingerprint density at radius 3 is 1.52 bits per heavy atom. The quantitative estimate of drug-likeness (QED) is 0.616.